The molecule has 1 unspecified atom stereocenters. The molecule has 1 N–H and O–H groups in total. The number of allylic oxidation sites excluding steroid dienone is 1. The Kier molecular flexibility index (Phi) is 10.3. The summed E-state index contributed by atoms with van der Waals surface area (Å²) in [6, 6.07) is 7.35. The van der Waals surface area contributed by atoms with Crippen LogP contribution in [0.2, 0.25) is 10.0 Å². The van der Waals surface area contributed by atoms with Crippen LogP contribution in [-0.4, -0.2) is 48.0 Å². The Balaban J connectivity index is 1.89. The van der Waals surface area contributed by atoms with Gasteiger partial charge in [-0.1, -0.05) is 53.3 Å². The van der Waals surface area contributed by atoms with Crippen LogP contribution in [0.1, 0.15) is 37.9 Å². The number of hydrogen-bond acceptors (Lipinski definition) is 9. The highest BCUT2D eigenvalue weighted by Gasteiger charge is 2.34. The van der Waals surface area contributed by atoms with Gasteiger partial charge in [-0.05, 0) is 62.2 Å². The van der Waals surface area contributed by atoms with E-state index in [0.717, 1.165) is 11.3 Å². The van der Waals surface area contributed by atoms with Crippen LogP contribution >= 0.6 is 34.5 Å². The number of thiazole rings is 1. The van der Waals surface area contributed by atoms with E-state index in [1.807, 2.05) is 6.92 Å². The molecule has 10 nitrogen and oxygen atoms in total. The van der Waals surface area contributed by atoms with E-state index < -0.39 is 30.1 Å². The Labute approximate surface area is 260 Å². The van der Waals surface area contributed by atoms with E-state index in [1.165, 1.54) is 16.7 Å². The quantitative estimate of drug-likeness (QED) is 0.225. The molecule has 1 aromatic heterocycles. The number of carboxylic acids is 1. The number of nitrogens with zero attached hydrogens (tertiary/aromatic N) is 2. The molecule has 1 atom stereocenters. The van der Waals surface area contributed by atoms with Crippen molar-refractivity contribution in [3.63, 3.8) is 0 Å². The molecule has 0 radical (unpaired) electrons. The Hall–Kier alpha value is -4.06. The first-order chi connectivity index (χ1) is 20.6. The number of halogens is 2. The van der Waals surface area contributed by atoms with Crippen LogP contribution in [0.4, 0.5) is 0 Å². The molecule has 1 aliphatic heterocycles. The lowest BCUT2D eigenvalue weighted by molar-refractivity contribution is -0.140. The van der Waals surface area contributed by atoms with E-state index in [0.29, 0.717) is 44.3 Å². The maximum absolute atomic E-state index is 14.0. The lowest BCUT2D eigenvalue weighted by Gasteiger charge is -2.25. The molecule has 226 valence electrons. The third-order valence-corrected chi connectivity index (χ3v) is 7.66. The number of fused-ring (bicyclic) bond motifs is 1. The summed E-state index contributed by atoms with van der Waals surface area (Å²) in [4.78, 5) is 43.0. The number of aromatic nitrogens is 1. The average Bonchev–Trinajstić information content (AvgIpc) is 3.25. The van der Waals surface area contributed by atoms with Gasteiger partial charge in [-0.2, -0.15) is 0 Å². The van der Waals surface area contributed by atoms with Gasteiger partial charge in [0.2, 0.25) is 0 Å². The summed E-state index contributed by atoms with van der Waals surface area (Å²) in [5.41, 5.74) is 1.28. The second kappa shape index (κ2) is 13.9. The zero-order valence-corrected chi connectivity index (χ0v) is 25.8. The highest BCUT2D eigenvalue weighted by atomic mass is 35.5. The van der Waals surface area contributed by atoms with Crippen LogP contribution in [0.25, 0.3) is 6.08 Å². The molecule has 3 aromatic rings. The van der Waals surface area contributed by atoms with Crippen molar-refractivity contribution in [2.45, 2.75) is 26.8 Å². The largest absolute Gasteiger partial charge is 0.490 e. The third kappa shape index (κ3) is 6.96. The van der Waals surface area contributed by atoms with Crippen molar-refractivity contribution in [2.75, 3.05) is 26.4 Å². The van der Waals surface area contributed by atoms with Crippen molar-refractivity contribution in [3.8, 4) is 17.2 Å². The first-order valence-electron chi connectivity index (χ1n) is 13.1. The van der Waals surface area contributed by atoms with Gasteiger partial charge in [0.15, 0.2) is 28.7 Å². The van der Waals surface area contributed by atoms with E-state index in [2.05, 4.69) is 11.6 Å². The molecule has 0 spiro atoms. The summed E-state index contributed by atoms with van der Waals surface area (Å²) in [5, 5.41) is 9.05. The fourth-order valence-electron chi connectivity index (χ4n) is 4.42. The Morgan fingerprint density at radius 1 is 1.09 bits per heavy atom. The number of benzene rings is 2. The number of esters is 1. The van der Waals surface area contributed by atoms with Gasteiger partial charge in [-0.15, -0.1) is 0 Å². The predicted molar refractivity (Wildman–Crippen MR) is 163 cm³/mol. The van der Waals surface area contributed by atoms with E-state index >= 15 is 0 Å². The molecule has 0 bridgehead atoms. The van der Waals surface area contributed by atoms with Crippen LogP contribution in [0.15, 0.2) is 64.0 Å². The van der Waals surface area contributed by atoms with Gasteiger partial charge in [0.05, 0.1) is 45.1 Å². The molecule has 0 saturated carbocycles. The fraction of sp³-hybridized carbons (Fsp3) is 0.267. The SMILES string of the molecule is C=CCOc1ccc(C2C(C(=O)OCC)=C(C)N=c3sc(=Cc4cc(Cl)c(OCC(=O)O)c(Cl)c4)c(=O)n32)cc1OCC. The standard InChI is InChI=1S/C30H28Cl2N2O8S/c1-5-10-41-21-9-8-18(14-22(21)39-6-2)26-25(29(38)40-7-3)16(4)33-30-34(26)28(37)23(43-30)13-17-11-19(31)27(20(32)12-17)42-15-24(35)36/h5,8-9,11-14,26H,1,6-7,10,15H2,2-4H3,(H,35,36). The molecule has 0 amide bonds. The van der Waals surface area contributed by atoms with Gasteiger partial charge in [0.25, 0.3) is 5.56 Å². The minimum absolute atomic E-state index is 0.0182. The molecule has 0 fully saturated rings. The molecule has 2 aromatic carbocycles. The number of aliphatic carboxylic acids is 1. The highest BCUT2D eigenvalue weighted by molar-refractivity contribution is 7.07. The van der Waals surface area contributed by atoms with Gasteiger partial charge in [0, 0.05) is 0 Å². The van der Waals surface area contributed by atoms with Gasteiger partial charge in [-0.3, -0.25) is 9.36 Å². The normalized spacial score (nSPS) is 14.5. The van der Waals surface area contributed by atoms with Gasteiger partial charge in [0.1, 0.15) is 6.61 Å². The first kappa shape index (κ1) is 31.9. The number of ether oxygens (including phenoxy) is 4. The molecule has 43 heavy (non-hydrogen) atoms. The van der Waals surface area contributed by atoms with E-state index in [-0.39, 0.29) is 34.6 Å². The van der Waals surface area contributed by atoms with E-state index in [4.69, 9.17) is 47.3 Å². The Morgan fingerprint density at radius 3 is 2.44 bits per heavy atom. The van der Waals surface area contributed by atoms with E-state index in [1.54, 1.807) is 44.2 Å². The van der Waals surface area contributed by atoms with Gasteiger partial charge >= 0.3 is 11.9 Å². The molecule has 13 heteroatoms. The van der Waals surface area contributed by atoms with Crippen LogP contribution in [-0.2, 0) is 14.3 Å². The lowest BCUT2D eigenvalue weighted by Crippen LogP contribution is -2.40. The predicted octanol–water partition coefficient (Wildman–Crippen LogP) is 4.53. The average molecular weight is 648 g/mol. The summed E-state index contributed by atoms with van der Waals surface area (Å²) in [7, 11) is 0. The summed E-state index contributed by atoms with van der Waals surface area (Å²) < 4.78 is 23.8. The highest BCUT2D eigenvalue weighted by Crippen LogP contribution is 2.37. The summed E-state index contributed by atoms with van der Waals surface area (Å²) >= 11 is 13.7. The first-order valence-corrected chi connectivity index (χ1v) is 14.7. The number of hydrogen-bond donors (Lipinski definition) is 1. The topological polar surface area (TPSA) is 126 Å². The van der Waals surface area contributed by atoms with Crippen molar-refractivity contribution < 1.29 is 33.6 Å². The molecule has 0 aliphatic carbocycles. The number of carbonyl (C=O) groups is 2. The van der Waals surface area contributed by atoms with Crippen LogP contribution in [0, 0.1) is 0 Å². The Bertz CT molecular complexity index is 1770. The lowest BCUT2D eigenvalue weighted by atomic mass is 9.95. The zero-order chi connectivity index (χ0) is 31.3. The zero-order valence-electron chi connectivity index (χ0n) is 23.5. The fourth-order valence-corrected chi connectivity index (χ4v) is 6.08. The molecule has 4 rings (SSSR count). The molecular weight excluding hydrogens is 619 g/mol. The molecule has 0 saturated heterocycles. The molecular formula is C30H28Cl2N2O8S. The summed E-state index contributed by atoms with van der Waals surface area (Å²) in [6.07, 6.45) is 3.20. The number of carbonyl (C=O) groups excluding carboxylic acids is 1. The van der Waals surface area contributed by atoms with Crippen LogP contribution < -0.4 is 29.1 Å². The van der Waals surface area contributed by atoms with Crippen molar-refractivity contribution >= 4 is 52.6 Å². The summed E-state index contributed by atoms with van der Waals surface area (Å²) in [5.74, 6) is -0.832. The smallest absolute Gasteiger partial charge is 0.341 e. The second-order valence-corrected chi connectivity index (χ2v) is 10.9. The summed E-state index contributed by atoms with van der Waals surface area (Å²) in [6.45, 7) is 9.05. The monoisotopic (exact) mass is 646 g/mol. The Morgan fingerprint density at radius 2 is 1.81 bits per heavy atom. The van der Waals surface area contributed by atoms with Crippen molar-refractivity contribution in [1.82, 2.24) is 4.57 Å². The number of carboxylic acid groups (broad SMARTS) is 1. The molecule has 1 aliphatic rings. The maximum atomic E-state index is 14.0. The third-order valence-electron chi connectivity index (χ3n) is 6.12. The second-order valence-electron chi connectivity index (χ2n) is 9.04. The van der Waals surface area contributed by atoms with Crippen molar-refractivity contribution in [2.24, 2.45) is 4.99 Å². The number of rotatable bonds is 12. The van der Waals surface area contributed by atoms with Crippen LogP contribution in [0.3, 0.4) is 0 Å². The van der Waals surface area contributed by atoms with Gasteiger partial charge in [-0.25, -0.2) is 14.6 Å². The van der Waals surface area contributed by atoms with Crippen molar-refractivity contribution in [1.29, 1.82) is 0 Å². The molecule has 2 heterocycles. The van der Waals surface area contributed by atoms with Crippen LogP contribution in [0.5, 0.6) is 17.2 Å². The van der Waals surface area contributed by atoms with E-state index in [9.17, 15) is 14.4 Å². The minimum Gasteiger partial charge on any atom is -0.490 e. The maximum Gasteiger partial charge on any atom is 0.341 e. The van der Waals surface area contributed by atoms with Crippen molar-refractivity contribution in [3.05, 3.63) is 95.1 Å². The van der Waals surface area contributed by atoms with Gasteiger partial charge < -0.3 is 24.1 Å². The minimum atomic E-state index is -1.18.